The molecule has 0 spiro atoms. The van der Waals surface area contributed by atoms with Crippen LogP contribution >= 0.6 is 11.8 Å². The average molecular weight is 225 g/mol. The number of aromatic nitrogens is 2. The van der Waals surface area contributed by atoms with Crippen LogP contribution in [0.2, 0.25) is 0 Å². The van der Waals surface area contributed by atoms with Gasteiger partial charge in [0.1, 0.15) is 11.6 Å². The number of anilines is 1. The van der Waals surface area contributed by atoms with Gasteiger partial charge in [0.25, 0.3) is 0 Å². The molecule has 1 aromatic rings. The Hall–Kier alpha value is -0.770. The summed E-state index contributed by atoms with van der Waals surface area (Å²) in [6, 6.07) is 2.00. The quantitative estimate of drug-likeness (QED) is 0.836. The van der Waals surface area contributed by atoms with Crippen molar-refractivity contribution in [3.63, 3.8) is 0 Å². The third-order valence-corrected chi connectivity index (χ3v) is 3.08. The molecular formula is C11H19N3S. The van der Waals surface area contributed by atoms with Crippen molar-refractivity contribution in [1.82, 2.24) is 9.97 Å². The molecule has 1 heterocycles. The van der Waals surface area contributed by atoms with Gasteiger partial charge in [0.2, 0.25) is 0 Å². The number of hydrogen-bond donors (Lipinski definition) is 1. The van der Waals surface area contributed by atoms with Crippen molar-refractivity contribution in [2.24, 2.45) is 0 Å². The summed E-state index contributed by atoms with van der Waals surface area (Å²) in [5.41, 5.74) is 1.11. The van der Waals surface area contributed by atoms with Crippen LogP contribution in [0.1, 0.15) is 32.3 Å². The summed E-state index contributed by atoms with van der Waals surface area (Å²) in [5.74, 6) is 2.74. The Labute approximate surface area is 96.1 Å². The predicted octanol–water partition coefficient (Wildman–Crippen LogP) is 2.72. The minimum Gasteiger partial charge on any atom is -0.373 e. The minimum atomic E-state index is 0.622. The molecule has 0 aliphatic rings. The Morgan fingerprint density at radius 2 is 2.13 bits per heavy atom. The molecule has 15 heavy (non-hydrogen) atoms. The first-order valence-corrected chi connectivity index (χ1v) is 6.36. The SMILES string of the molecule is CCc1cc(NC)nc(CSC(C)C)n1. The number of thioether (sulfide) groups is 1. The maximum absolute atomic E-state index is 4.50. The molecule has 4 heteroatoms. The zero-order valence-corrected chi connectivity index (χ0v) is 10.7. The highest BCUT2D eigenvalue weighted by molar-refractivity contribution is 7.99. The van der Waals surface area contributed by atoms with Crippen LogP contribution in [0.15, 0.2) is 6.07 Å². The maximum Gasteiger partial charge on any atom is 0.140 e. The topological polar surface area (TPSA) is 37.8 Å². The summed E-state index contributed by atoms with van der Waals surface area (Å²) < 4.78 is 0. The van der Waals surface area contributed by atoms with Crippen LogP contribution in [0.25, 0.3) is 0 Å². The third kappa shape index (κ3) is 4.08. The minimum absolute atomic E-state index is 0.622. The lowest BCUT2D eigenvalue weighted by Crippen LogP contribution is -2.03. The van der Waals surface area contributed by atoms with Crippen molar-refractivity contribution >= 4 is 17.6 Å². The van der Waals surface area contributed by atoms with E-state index in [2.05, 4.69) is 36.1 Å². The van der Waals surface area contributed by atoms with Crippen molar-refractivity contribution in [1.29, 1.82) is 0 Å². The molecule has 0 radical (unpaired) electrons. The van der Waals surface area contributed by atoms with Gasteiger partial charge >= 0.3 is 0 Å². The second-order valence-corrected chi connectivity index (χ2v) is 5.19. The molecule has 0 amide bonds. The molecular weight excluding hydrogens is 206 g/mol. The standard InChI is InChI=1S/C11H19N3S/c1-5-9-6-10(12-4)14-11(13-9)7-15-8(2)3/h6,8H,5,7H2,1-4H3,(H,12,13,14). The second kappa shape index (κ2) is 5.95. The van der Waals surface area contributed by atoms with Crippen LogP contribution in [0.4, 0.5) is 5.82 Å². The average Bonchev–Trinajstić information content (AvgIpc) is 2.25. The lowest BCUT2D eigenvalue weighted by Gasteiger charge is -2.07. The molecule has 0 aromatic carbocycles. The van der Waals surface area contributed by atoms with E-state index in [4.69, 9.17) is 0 Å². The van der Waals surface area contributed by atoms with Crippen LogP contribution < -0.4 is 5.32 Å². The molecule has 84 valence electrons. The van der Waals surface area contributed by atoms with Crippen LogP contribution in [-0.4, -0.2) is 22.3 Å². The molecule has 0 bridgehead atoms. The number of rotatable bonds is 5. The lowest BCUT2D eigenvalue weighted by atomic mass is 10.3. The monoisotopic (exact) mass is 225 g/mol. The first-order valence-electron chi connectivity index (χ1n) is 5.32. The van der Waals surface area contributed by atoms with E-state index in [0.717, 1.165) is 29.5 Å². The van der Waals surface area contributed by atoms with Crippen molar-refractivity contribution in [3.05, 3.63) is 17.6 Å². The summed E-state index contributed by atoms with van der Waals surface area (Å²) in [6.07, 6.45) is 0.955. The smallest absolute Gasteiger partial charge is 0.140 e. The first-order chi connectivity index (χ1) is 7.15. The van der Waals surface area contributed by atoms with Gasteiger partial charge in [-0.2, -0.15) is 11.8 Å². The Balaban J connectivity index is 2.77. The highest BCUT2D eigenvalue weighted by atomic mass is 32.2. The van der Waals surface area contributed by atoms with E-state index >= 15 is 0 Å². The molecule has 0 saturated heterocycles. The van der Waals surface area contributed by atoms with Gasteiger partial charge in [0, 0.05) is 18.8 Å². The molecule has 0 unspecified atom stereocenters. The fourth-order valence-electron chi connectivity index (χ4n) is 1.17. The number of nitrogens with zero attached hydrogens (tertiary/aromatic N) is 2. The highest BCUT2D eigenvalue weighted by Gasteiger charge is 2.04. The first kappa shape index (κ1) is 12.3. The zero-order chi connectivity index (χ0) is 11.3. The lowest BCUT2D eigenvalue weighted by molar-refractivity contribution is 0.939. The molecule has 1 rings (SSSR count). The maximum atomic E-state index is 4.50. The van der Waals surface area contributed by atoms with E-state index in [9.17, 15) is 0 Å². The normalized spacial score (nSPS) is 10.7. The van der Waals surface area contributed by atoms with Gasteiger partial charge in [-0.15, -0.1) is 0 Å². The molecule has 1 aromatic heterocycles. The van der Waals surface area contributed by atoms with Crippen LogP contribution in [0, 0.1) is 0 Å². The number of hydrogen-bond acceptors (Lipinski definition) is 4. The Morgan fingerprint density at radius 1 is 1.40 bits per heavy atom. The van der Waals surface area contributed by atoms with Gasteiger partial charge < -0.3 is 5.32 Å². The Morgan fingerprint density at radius 3 is 2.67 bits per heavy atom. The fraction of sp³-hybridized carbons (Fsp3) is 0.636. The largest absolute Gasteiger partial charge is 0.373 e. The van der Waals surface area contributed by atoms with Crippen LogP contribution in [-0.2, 0) is 12.2 Å². The zero-order valence-electron chi connectivity index (χ0n) is 9.87. The fourth-order valence-corrected chi connectivity index (χ4v) is 1.78. The molecule has 0 aliphatic carbocycles. The summed E-state index contributed by atoms with van der Waals surface area (Å²) in [4.78, 5) is 8.93. The van der Waals surface area contributed by atoms with E-state index < -0.39 is 0 Å². The summed E-state index contributed by atoms with van der Waals surface area (Å²) in [5, 5.41) is 3.69. The molecule has 0 fully saturated rings. The van der Waals surface area contributed by atoms with Crippen LogP contribution in [0.5, 0.6) is 0 Å². The molecule has 1 N–H and O–H groups in total. The summed E-state index contributed by atoms with van der Waals surface area (Å²) >= 11 is 1.87. The summed E-state index contributed by atoms with van der Waals surface area (Å²) in [6.45, 7) is 6.49. The summed E-state index contributed by atoms with van der Waals surface area (Å²) in [7, 11) is 1.89. The van der Waals surface area contributed by atoms with Gasteiger partial charge in [0.15, 0.2) is 0 Å². The molecule has 3 nitrogen and oxygen atoms in total. The second-order valence-electron chi connectivity index (χ2n) is 3.62. The van der Waals surface area contributed by atoms with Gasteiger partial charge in [0.05, 0.1) is 5.75 Å². The van der Waals surface area contributed by atoms with Gasteiger partial charge in [-0.3, -0.25) is 0 Å². The molecule has 0 aliphatic heterocycles. The van der Waals surface area contributed by atoms with E-state index in [-0.39, 0.29) is 0 Å². The van der Waals surface area contributed by atoms with Crippen molar-refractivity contribution in [2.75, 3.05) is 12.4 Å². The number of nitrogens with one attached hydrogen (secondary N) is 1. The van der Waals surface area contributed by atoms with E-state index in [1.165, 1.54) is 0 Å². The third-order valence-electron chi connectivity index (χ3n) is 1.99. The Kier molecular flexibility index (Phi) is 4.88. The van der Waals surface area contributed by atoms with Gasteiger partial charge in [-0.1, -0.05) is 20.8 Å². The van der Waals surface area contributed by atoms with Gasteiger partial charge in [-0.25, -0.2) is 9.97 Å². The van der Waals surface area contributed by atoms with Crippen molar-refractivity contribution in [3.8, 4) is 0 Å². The Bertz CT molecular complexity index is 290. The van der Waals surface area contributed by atoms with E-state index in [1.54, 1.807) is 0 Å². The van der Waals surface area contributed by atoms with Gasteiger partial charge in [-0.05, 0) is 11.7 Å². The van der Waals surface area contributed by atoms with Crippen LogP contribution in [0.3, 0.4) is 0 Å². The van der Waals surface area contributed by atoms with Crippen molar-refractivity contribution < 1.29 is 0 Å². The van der Waals surface area contributed by atoms with E-state index in [1.807, 2.05) is 24.9 Å². The van der Waals surface area contributed by atoms with E-state index in [0.29, 0.717) is 5.25 Å². The molecule has 0 atom stereocenters. The highest BCUT2D eigenvalue weighted by Crippen LogP contribution is 2.16. The molecule has 0 saturated carbocycles. The number of aryl methyl sites for hydroxylation is 1. The predicted molar refractivity (Wildman–Crippen MR) is 67.4 cm³/mol. The van der Waals surface area contributed by atoms with Crippen molar-refractivity contribution in [2.45, 2.75) is 38.2 Å².